The van der Waals surface area contributed by atoms with Crippen molar-refractivity contribution in [3.63, 3.8) is 0 Å². The molecule has 0 bridgehead atoms. The summed E-state index contributed by atoms with van der Waals surface area (Å²) in [5, 5.41) is 10.2. The number of carbonyl (C=O) groups is 2. The van der Waals surface area contributed by atoms with Gasteiger partial charge in [0.25, 0.3) is 0 Å². The first-order valence-corrected chi connectivity index (χ1v) is 17.2. The predicted octanol–water partition coefficient (Wildman–Crippen LogP) is 7.02. The average molecular weight is 692 g/mol. The zero-order chi connectivity index (χ0) is 37.1. The van der Waals surface area contributed by atoms with Crippen LogP contribution in [-0.4, -0.2) is 49.3 Å². The van der Waals surface area contributed by atoms with Gasteiger partial charge in [0.05, 0.1) is 30.3 Å². The van der Waals surface area contributed by atoms with Crippen LogP contribution in [0.3, 0.4) is 0 Å². The molecule has 0 aromatic heterocycles. The molecule has 0 spiro atoms. The fraction of sp³-hybridized carbons (Fsp3) is 0.350. The van der Waals surface area contributed by atoms with Gasteiger partial charge in [-0.1, -0.05) is 24.3 Å². The van der Waals surface area contributed by atoms with Gasteiger partial charge in [0.1, 0.15) is 29.3 Å². The molecule has 1 saturated heterocycles. The van der Waals surface area contributed by atoms with Crippen LogP contribution in [0.2, 0.25) is 0 Å². The fourth-order valence-corrected chi connectivity index (χ4v) is 6.12. The molecule has 4 aromatic rings. The third-order valence-corrected chi connectivity index (χ3v) is 9.40. The minimum atomic E-state index is -1.07. The maximum Gasteiger partial charge on any atom is 0.495 e. The first kappa shape index (κ1) is 37.8. The number of hydrogen-bond donors (Lipinski definition) is 1. The van der Waals surface area contributed by atoms with Crippen LogP contribution >= 0.6 is 0 Å². The maximum absolute atomic E-state index is 11.8. The Kier molecular flexibility index (Phi) is 11.5. The summed E-state index contributed by atoms with van der Waals surface area (Å²) in [5.41, 5.74) is 5.76. The first-order valence-electron chi connectivity index (χ1n) is 17.2. The predicted molar refractivity (Wildman–Crippen MR) is 199 cm³/mol. The number of hydrogen-bond acceptors (Lipinski definition) is 9. The molecular weight excluding hydrogens is 646 g/mol. The number of aryl methyl sites for hydroxylation is 4. The monoisotopic (exact) mass is 692 g/mol. The molecule has 2 heterocycles. The molecule has 2 aliphatic rings. The minimum absolute atomic E-state index is 0.0802. The molecule has 2 aliphatic heterocycles. The van der Waals surface area contributed by atoms with Gasteiger partial charge in [-0.05, 0) is 150 Å². The van der Waals surface area contributed by atoms with Crippen molar-refractivity contribution >= 4 is 37.4 Å². The lowest BCUT2D eigenvalue weighted by Gasteiger charge is -2.32. The Morgan fingerprint density at radius 3 is 1.82 bits per heavy atom. The van der Waals surface area contributed by atoms with Crippen LogP contribution in [0.15, 0.2) is 72.8 Å². The molecular formula is C40H46B2O9. The van der Waals surface area contributed by atoms with Crippen molar-refractivity contribution in [3.8, 4) is 23.0 Å². The highest BCUT2D eigenvalue weighted by Crippen LogP contribution is 2.38. The summed E-state index contributed by atoms with van der Waals surface area (Å²) in [6.07, 6.45) is 0.431. The van der Waals surface area contributed by atoms with Gasteiger partial charge in [0, 0.05) is 5.56 Å². The van der Waals surface area contributed by atoms with Crippen molar-refractivity contribution < 1.29 is 42.8 Å². The Morgan fingerprint density at radius 2 is 1.31 bits per heavy atom. The van der Waals surface area contributed by atoms with E-state index in [9.17, 15) is 14.6 Å². The topological polar surface area (TPSA) is 110 Å². The van der Waals surface area contributed by atoms with E-state index in [1.165, 1.54) is 0 Å². The Balaban J connectivity index is 0.000000198. The normalized spacial score (nSPS) is 16.9. The van der Waals surface area contributed by atoms with Crippen LogP contribution in [-0.2, 0) is 23.5 Å². The van der Waals surface area contributed by atoms with Gasteiger partial charge in [0.15, 0.2) is 0 Å². The van der Waals surface area contributed by atoms with Gasteiger partial charge in [-0.25, -0.2) is 0 Å². The fourth-order valence-electron chi connectivity index (χ4n) is 6.12. The van der Waals surface area contributed by atoms with Crippen molar-refractivity contribution in [1.82, 2.24) is 0 Å². The molecule has 1 unspecified atom stereocenters. The minimum Gasteiger partial charge on any atom is -0.466 e. The summed E-state index contributed by atoms with van der Waals surface area (Å²) < 4.78 is 34.7. The molecule has 0 saturated carbocycles. The number of esters is 1. The molecule has 51 heavy (non-hydrogen) atoms. The van der Waals surface area contributed by atoms with E-state index in [-0.39, 0.29) is 12.4 Å². The standard InChI is InChI=1S/C21H25BO4.C19H21BO5/c1-14-8-7-9-16(10-14)24-17-11-15(2)18(13-23)19(12-17)22-25-20(3,4)21(5,6)26-22;1-4-23-18(21)11-17-19-13(3)9-15(10-16(19)20(22)25-17)24-14-7-5-6-12(2)8-14/h7-13H,1-6H3;5-10,17,22H,4,11H2,1-3H3. The Bertz CT molecular complexity index is 1890. The SMILES string of the molecule is CCOC(=O)CC1OB(O)c2cc(Oc3cccc(C)c3)cc(C)c21.Cc1cccc(Oc2cc(C)c(C=O)c(B3OC(C)(C)C(C)(C)O3)c2)c1. The van der Waals surface area contributed by atoms with E-state index in [2.05, 4.69) is 0 Å². The van der Waals surface area contributed by atoms with E-state index in [1.807, 2.05) is 122 Å². The second-order valence-corrected chi connectivity index (χ2v) is 14.0. The van der Waals surface area contributed by atoms with E-state index in [0.29, 0.717) is 34.6 Å². The van der Waals surface area contributed by atoms with E-state index >= 15 is 0 Å². The Labute approximate surface area is 301 Å². The highest BCUT2D eigenvalue weighted by atomic mass is 16.7. The zero-order valence-electron chi connectivity index (χ0n) is 30.9. The molecule has 0 aliphatic carbocycles. The summed E-state index contributed by atoms with van der Waals surface area (Å²) in [6.45, 7) is 17.9. The molecule has 0 radical (unpaired) electrons. The number of carbonyl (C=O) groups excluding carboxylic acids is 2. The van der Waals surface area contributed by atoms with E-state index in [0.717, 1.165) is 45.6 Å². The van der Waals surface area contributed by atoms with Crippen LogP contribution in [0, 0.1) is 27.7 Å². The highest BCUT2D eigenvalue weighted by molar-refractivity contribution is 6.63. The first-order chi connectivity index (χ1) is 24.1. The Hall–Kier alpha value is -4.41. The average Bonchev–Trinajstić information content (AvgIpc) is 3.47. The van der Waals surface area contributed by atoms with Gasteiger partial charge >= 0.3 is 20.2 Å². The lowest BCUT2D eigenvalue weighted by atomic mass is 9.75. The summed E-state index contributed by atoms with van der Waals surface area (Å²) in [6, 6.07) is 22.9. The lowest BCUT2D eigenvalue weighted by Crippen LogP contribution is -2.41. The van der Waals surface area contributed by atoms with Crippen molar-refractivity contribution in [2.75, 3.05) is 6.61 Å². The van der Waals surface area contributed by atoms with Gasteiger partial charge < -0.3 is 33.2 Å². The molecule has 0 amide bonds. The third-order valence-electron chi connectivity index (χ3n) is 9.40. The number of rotatable bonds is 9. The van der Waals surface area contributed by atoms with Crippen LogP contribution in [0.1, 0.15) is 85.3 Å². The van der Waals surface area contributed by atoms with Crippen molar-refractivity contribution in [3.05, 3.63) is 106 Å². The van der Waals surface area contributed by atoms with Gasteiger partial charge in [-0.2, -0.15) is 0 Å². The van der Waals surface area contributed by atoms with E-state index < -0.39 is 31.5 Å². The maximum atomic E-state index is 11.8. The second-order valence-electron chi connectivity index (χ2n) is 14.0. The summed E-state index contributed by atoms with van der Waals surface area (Å²) in [4.78, 5) is 23.4. The molecule has 266 valence electrons. The van der Waals surface area contributed by atoms with Crippen LogP contribution in [0.4, 0.5) is 0 Å². The Morgan fingerprint density at radius 1 is 0.784 bits per heavy atom. The molecule has 4 aromatic carbocycles. The van der Waals surface area contributed by atoms with Crippen molar-refractivity contribution in [1.29, 1.82) is 0 Å². The number of aldehydes is 1. The molecule has 11 heteroatoms. The summed E-state index contributed by atoms with van der Waals surface area (Å²) >= 11 is 0. The third kappa shape index (κ3) is 8.73. The van der Waals surface area contributed by atoms with E-state index in [4.69, 9.17) is 28.2 Å². The molecule has 1 N–H and O–H groups in total. The number of benzene rings is 4. The number of ether oxygens (including phenoxy) is 3. The molecule has 1 atom stereocenters. The van der Waals surface area contributed by atoms with Gasteiger partial charge in [-0.15, -0.1) is 0 Å². The van der Waals surface area contributed by atoms with Gasteiger partial charge in [0.2, 0.25) is 0 Å². The lowest BCUT2D eigenvalue weighted by molar-refractivity contribution is -0.145. The molecule has 1 fully saturated rings. The second kappa shape index (κ2) is 15.5. The summed E-state index contributed by atoms with van der Waals surface area (Å²) in [5.74, 6) is 2.43. The van der Waals surface area contributed by atoms with Crippen LogP contribution < -0.4 is 20.4 Å². The quantitative estimate of drug-likeness (QED) is 0.113. The van der Waals surface area contributed by atoms with Gasteiger partial charge in [-0.3, -0.25) is 9.59 Å². The van der Waals surface area contributed by atoms with Crippen LogP contribution in [0.5, 0.6) is 23.0 Å². The zero-order valence-corrected chi connectivity index (χ0v) is 30.9. The van der Waals surface area contributed by atoms with Crippen LogP contribution in [0.25, 0.3) is 0 Å². The van der Waals surface area contributed by atoms with Crippen molar-refractivity contribution in [2.24, 2.45) is 0 Å². The number of fused-ring (bicyclic) bond motifs is 1. The van der Waals surface area contributed by atoms with E-state index in [1.54, 1.807) is 13.0 Å². The summed E-state index contributed by atoms with van der Waals surface area (Å²) in [7, 11) is -1.69. The van der Waals surface area contributed by atoms with Crippen molar-refractivity contribution in [2.45, 2.75) is 86.0 Å². The molecule has 6 rings (SSSR count). The largest absolute Gasteiger partial charge is 0.495 e. The highest BCUT2D eigenvalue weighted by Gasteiger charge is 2.52. The molecule has 9 nitrogen and oxygen atoms in total. The smallest absolute Gasteiger partial charge is 0.466 e.